The van der Waals surface area contributed by atoms with Crippen LogP contribution in [0.15, 0.2) is 24.5 Å². The molecule has 3 heterocycles. The first kappa shape index (κ1) is 18.0. The van der Waals surface area contributed by atoms with Gasteiger partial charge in [-0.15, -0.1) is 11.3 Å². The summed E-state index contributed by atoms with van der Waals surface area (Å²) in [4.78, 5) is 27.7. The van der Waals surface area contributed by atoms with Gasteiger partial charge in [0.05, 0.1) is 22.5 Å². The van der Waals surface area contributed by atoms with E-state index in [1.807, 2.05) is 50.4 Å². The van der Waals surface area contributed by atoms with Gasteiger partial charge < -0.3 is 9.80 Å². The van der Waals surface area contributed by atoms with Gasteiger partial charge in [0.15, 0.2) is 0 Å². The van der Waals surface area contributed by atoms with E-state index in [0.29, 0.717) is 5.92 Å². The van der Waals surface area contributed by atoms with Gasteiger partial charge in [0.2, 0.25) is 0 Å². The molecule has 1 aliphatic heterocycles. The predicted octanol–water partition coefficient (Wildman–Crippen LogP) is 3.00. The molecule has 0 spiro atoms. The number of hydrogen-bond acceptors (Lipinski definition) is 5. The first-order valence-corrected chi connectivity index (χ1v) is 9.63. The van der Waals surface area contributed by atoms with Gasteiger partial charge >= 0.3 is 0 Å². The number of piperidine rings is 1. The molecule has 0 aromatic carbocycles. The lowest BCUT2D eigenvalue weighted by Crippen LogP contribution is -2.38. The minimum absolute atomic E-state index is 0.185. The Morgan fingerprint density at radius 1 is 1.20 bits per heavy atom. The Morgan fingerprint density at radius 3 is 2.44 bits per heavy atom. The van der Waals surface area contributed by atoms with Crippen LogP contribution in [0.3, 0.4) is 0 Å². The predicted molar refractivity (Wildman–Crippen MR) is 101 cm³/mol. The lowest BCUT2D eigenvalue weighted by molar-refractivity contribution is 0.0695. The molecule has 3 rings (SSSR count). The third kappa shape index (κ3) is 4.86. The van der Waals surface area contributed by atoms with Crippen molar-refractivity contribution in [1.82, 2.24) is 19.8 Å². The van der Waals surface area contributed by atoms with Gasteiger partial charge in [-0.3, -0.25) is 14.8 Å². The van der Waals surface area contributed by atoms with Crippen LogP contribution >= 0.6 is 11.3 Å². The summed E-state index contributed by atoms with van der Waals surface area (Å²) in [5.74, 6) is 0.771. The Morgan fingerprint density at radius 2 is 1.88 bits per heavy atom. The van der Waals surface area contributed by atoms with Crippen molar-refractivity contribution in [3.8, 4) is 0 Å². The molecule has 5 nitrogen and oxygen atoms in total. The zero-order chi connectivity index (χ0) is 17.8. The summed E-state index contributed by atoms with van der Waals surface area (Å²) in [5.41, 5.74) is 2.06. The van der Waals surface area contributed by atoms with Crippen LogP contribution in [0.1, 0.15) is 38.8 Å². The van der Waals surface area contributed by atoms with Crippen molar-refractivity contribution in [1.29, 1.82) is 0 Å². The van der Waals surface area contributed by atoms with Crippen LogP contribution in [-0.2, 0) is 13.0 Å². The van der Waals surface area contributed by atoms with Crippen molar-refractivity contribution in [2.45, 2.75) is 32.7 Å². The quantitative estimate of drug-likeness (QED) is 0.824. The molecule has 2 aromatic heterocycles. The summed E-state index contributed by atoms with van der Waals surface area (Å²) in [5, 5.41) is 0. The number of aromatic nitrogens is 2. The van der Waals surface area contributed by atoms with Crippen molar-refractivity contribution < 1.29 is 4.79 Å². The molecule has 6 heteroatoms. The van der Waals surface area contributed by atoms with Gasteiger partial charge in [-0.05, 0) is 58.3 Å². The maximum atomic E-state index is 12.5. The van der Waals surface area contributed by atoms with Gasteiger partial charge in [0, 0.05) is 30.7 Å². The van der Waals surface area contributed by atoms with Crippen LogP contribution in [0.4, 0.5) is 0 Å². The molecular formula is C19H26N4OS. The summed E-state index contributed by atoms with van der Waals surface area (Å²) < 4.78 is 0. The Bertz CT molecular complexity index is 702. The number of carbonyl (C=O) groups is 1. The number of hydrogen-bond donors (Lipinski definition) is 0. The van der Waals surface area contributed by atoms with Gasteiger partial charge in [0.1, 0.15) is 0 Å². The molecule has 0 saturated carbocycles. The topological polar surface area (TPSA) is 49.3 Å². The summed E-state index contributed by atoms with van der Waals surface area (Å²) in [7, 11) is 4.06. The molecule has 0 atom stereocenters. The molecule has 134 valence electrons. The zero-order valence-electron chi connectivity index (χ0n) is 15.2. The lowest BCUT2D eigenvalue weighted by atomic mass is 9.92. The van der Waals surface area contributed by atoms with Gasteiger partial charge in [-0.25, -0.2) is 0 Å². The van der Waals surface area contributed by atoms with E-state index in [9.17, 15) is 4.79 Å². The van der Waals surface area contributed by atoms with Gasteiger partial charge in [-0.2, -0.15) is 0 Å². The largest absolute Gasteiger partial charge is 0.338 e. The molecule has 25 heavy (non-hydrogen) atoms. The number of rotatable bonds is 5. The van der Waals surface area contributed by atoms with Crippen molar-refractivity contribution >= 4 is 17.2 Å². The molecular weight excluding hydrogens is 332 g/mol. The van der Waals surface area contributed by atoms with Crippen molar-refractivity contribution in [3.63, 3.8) is 0 Å². The molecule has 0 radical (unpaired) electrons. The number of aryl methyl sites for hydroxylation is 1. The van der Waals surface area contributed by atoms with Crippen LogP contribution in [-0.4, -0.2) is 52.9 Å². The minimum Gasteiger partial charge on any atom is -0.338 e. The molecule has 0 bridgehead atoms. The molecule has 0 aliphatic carbocycles. The standard InChI is InChI=1S/C19H26N4OS/c1-14-4-5-18(25-14)19(24)23-8-6-15(7-9-23)10-16-11-21-17(12-20-16)13-22(2)3/h4-5,11-12,15H,6-10,13H2,1-3H3. The smallest absolute Gasteiger partial charge is 0.263 e. The summed E-state index contributed by atoms with van der Waals surface area (Å²) in [6.45, 7) is 4.54. The third-order valence-corrected chi connectivity index (χ3v) is 5.58. The molecule has 2 aromatic rings. The second-order valence-electron chi connectivity index (χ2n) is 7.09. The van der Waals surface area contributed by atoms with E-state index in [4.69, 9.17) is 0 Å². The van der Waals surface area contributed by atoms with E-state index in [1.54, 1.807) is 11.3 Å². The van der Waals surface area contributed by atoms with Crippen LogP contribution in [0.25, 0.3) is 0 Å². The number of likely N-dealkylation sites (tertiary alicyclic amines) is 1. The van der Waals surface area contributed by atoms with Crippen LogP contribution in [0, 0.1) is 12.8 Å². The average Bonchev–Trinajstić information content (AvgIpc) is 3.03. The normalized spacial score (nSPS) is 15.8. The van der Waals surface area contributed by atoms with E-state index in [0.717, 1.165) is 55.2 Å². The Hall–Kier alpha value is -1.79. The van der Waals surface area contributed by atoms with E-state index in [1.165, 1.54) is 4.88 Å². The minimum atomic E-state index is 0.185. The molecule has 1 fully saturated rings. The van der Waals surface area contributed by atoms with Crippen LogP contribution in [0.2, 0.25) is 0 Å². The van der Waals surface area contributed by atoms with Crippen molar-refractivity contribution in [2.24, 2.45) is 5.92 Å². The number of amides is 1. The van der Waals surface area contributed by atoms with Crippen LogP contribution in [0.5, 0.6) is 0 Å². The SMILES string of the molecule is Cc1ccc(C(=O)N2CCC(Cc3cnc(CN(C)C)cn3)CC2)s1. The highest BCUT2D eigenvalue weighted by Crippen LogP contribution is 2.24. The highest BCUT2D eigenvalue weighted by molar-refractivity contribution is 7.13. The van der Waals surface area contributed by atoms with Crippen LogP contribution < -0.4 is 0 Å². The molecule has 0 N–H and O–H groups in total. The van der Waals surface area contributed by atoms with E-state index < -0.39 is 0 Å². The van der Waals surface area contributed by atoms with E-state index >= 15 is 0 Å². The molecule has 1 saturated heterocycles. The second-order valence-corrected chi connectivity index (χ2v) is 8.37. The number of carbonyl (C=O) groups excluding carboxylic acids is 1. The fraction of sp³-hybridized carbons (Fsp3) is 0.526. The van der Waals surface area contributed by atoms with Crippen molar-refractivity contribution in [3.05, 3.63) is 45.7 Å². The van der Waals surface area contributed by atoms with E-state index in [2.05, 4.69) is 14.9 Å². The molecule has 1 aliphatic rings. The Labute approximate surface area is 153 Å². The fourth-order valence-electron chi connectivity index (χ4n) is 3.23. The average molecular weight is 359 g/mol. The maximum absolute atomic E-state index is 12.5. The first-order valence-electron chi connectivity index (χ1n) is 8.81. The molecule has 0 unspecified atom stereocenters. The van der Waals surface area contributed by atoms with Crippen molar-refractivity contribution in [2.75, 3.05) is 27.2 Å². The molecule has 1 amide bonds. The lowest BCUT2D eigenvalue weighted by Gasteiger charge is -2.31. The second kappa shape index (κ2) is 8.06. The highest BCUT2D eigenvalue weighted by atomic mass is 32.1. The number of thiophene rings is 1. The van der Waals surface area contributed by atoms with Gasteiger partial charge in [0.25, 0.3) is 5.91 Å². The van der Waals surface area contributed by atoms with Gasteiger partial charge in [-0.1, -0.05) is 0 Å². The Kier molecular flexibility index (Phi) is 5.81. The third-order valence-electron chi connectivity index (χ3n) is 4.59. The maximum Gasteiger partial charge on any atom is 0.263 e. The van der Waals surface area contributed by atoms with E-state index in [-0.39, 0.29) is 5.91 Å². The fourth-order valence-corrected chi connectivity index (χ4v) is 4.07. The summed E-state index contributed by atoms with van der Waals surface area (Å²) in [6, 6.07) is 3.96. The monoisotopic (exact) mass is 358 g/mol. The zero-order valence-corrected chi connectivity index (χ0v) is 16.1. The summed E-state index contributed by atoms with van der Waals surface area (Å²) in [6.07, 6.45) is 6.82. The first-order chi connectivity index (χ1) is 12.0. The highest BCUT2D eigenvalue weighted by Gasteiger charge is 2.24. The Balaban J connectivity index is 1.50. The summed E-state index contributed by atoms with van der Waals surface area (Å²) >= 11 is 1.59. The number of nitrogens with zero attached hydrogens (tertiary/aromatic N) is 4.